The summed E-state index contributed by atoms with van der Waals surface area (Å²) in [7, 11) is 1.72. The maximum absolute atomic E-state index is 12.9. The van der Waals surface area contributed by atoms with E-state index in [1.165, 1.54) is 17.5 Å². The van der Waals surface area contributed by atoms with Crippen LogP contribution in [0.1, 0.15) is 42.7 Å². The molecule has 27 heavy (non-hydrogen) atoms. The molecule has 0 spiro atoms. The van der Waals surface area contributed by atoms with E-state index < -0.39 is 0 Å². The lowest BCUT2D eigenvalue weighted by atomic mass is 9.81. The highest BCUT2D eigenvalue weighted by Crippen LogP contribution is 2.36. The fourth-order valence-corrected chi connectivity index (χ4v) is 4.88. The lowest BCUT2D eigenvalue weighted by Gasteiger charge is -2.32. The third-order valence-corrected chi connectivity index (χ3v) is 6.39. The number of nitrogens with zero attached hydrogens (tertiary/aromatic N) is 2. The number of aryl methyl sites for hydroxylation is 1. The molecule has 2 unspecified atom stereocenters. The first-order chi connectivity index (χ1) is 12.7. The first kappa shape index (κ1) is 20.4. The number of ether oxygens (including phenoxy) is 1. The molecule has 1 aliphatic carbocycles. The normalized spacial score (nSPS) is 25.6. The van der Waals surface area contributed by atoms with Gasteiger partial charge in [0.05, 0.1) is 7.11 Å². The molecule has 1 aromatic carbocycles. The summed E-state index contributed by atoms with van der Waals surface area (Å²) in [6.45, 7) is 6.23. The van der Waals surface area contributed by atoms with Crippen LogP contribution in [-0.4, -0.2) is 68.1 Å². The van der Waals surface area contributed by atoms with Crippen LogP contribution in [0.5, 0.6) is 5.75 Å². The lowest BCUT2D eigenvalue weighted by molar-refractivity contribution is -0.130. The number of halogens is 1. The number of fused-ring (bicyclic) bond motifs is 1. The van der Waals surface area contributed by atoms with E-state index in [-0.39, 0.29) is 12.4 Å². The molecule has 150 valence electrons. The summed E-state index contributed by atoms with van der Waals surface area (Å²) in [6, 6.07) is 6.93. The number of carbonyl (C=O) groups is 1. The van der Waals surface area contributed by atoms with E-state index in [1.54, 1.807) is 7.11 Å². The molecule has 2 atom stereocenters. The van der Waals surface area contributed by atoms with Crippen molar-refractivity contribution >= 4 is 18.3 Å². The Hall–Kier alpha value is -1.30. The third kappa shape index (κ3) is 4.58. The van der Waals surface area contributed by atoms with Crippen molar-refractivity contribution in [2.75, 3.05) is 46.4 Å². The minimum Gasteiger partial charge on any atom is -0.497 e. The molecule has 6 heteroatoms. The Morgan fingerprint density at radius 3 is 2.81 bits per heavy atom. The summed E-state index contributed by atoms with van der Waals surface area (Å²) in [5.41, 5.74) is 2.73. The van der Waals surface area contributed by atoms with Crippen LogP contribution < -0.4 is 10.1 Å². The summed E-state index contributed by atoms with van der Waals surface area (Å²) in [6.07, 6.45) is 5.19. The van der Waals surface area contributed by atoms with Crippen molar-refractivity contribution in [2.24, 2.45) is 0 Å². The van der Waals surface area contributed by atoms with Gasteiger partial charge in [0.1, 0.15) is 5.75 Å². The zero-order valence-electron chi connectivity index (χ0n) is 16.3. The monoisotopic (exact) mass is 393 g/mol. The van der Waals surface area contributed by atoms with Gasteiger partial charge in [-0.1, -0.05) is 6.07 Å². The Morgan fingerprint density at radius 2 is 2.04 bits per heavy atom. The third-order valence-electron chi connectivity index (χ3n) is 6.39. The van der Waals surface area contributed by atoms with E-state index >= 15 is 0 Å². The number of hydrogen-bond acceptors (Lipinski definition) is 4. The quantitative estimate of drug-likeness (QED) is 0.853. The van der Waals surface area contributed by atoms with Crippen LogP contribution in [0.15, 0.2) is 18.2 Å². The maximum atomic E-state index is 12.9. The van der Waals surface area contributed by atoms with Crippen LogP contribution in [0, 0.1) is 0 Å². The van der Waals surface area contributed by atoms with Gasteiger partial charge in [-0.2, -0.15) is 0 Å². The minimum absolute atomic E-state index is 0. The molecule has 2 heterocycles. The van der Waals surface area contributed by atoms with Crippen LogP contribution in [0.3, 0.4) is 0 Å². The van der Waals surface area contributed by atoms with Gasteiger partial charge in [-0.05, 0) is 54.9 Å². The van der Waals surface area contributed by atoms with Crippen molar-refractivity contribution in [3.63, 3.8) is 0 Å². The van der Waals surface area contributed by atoms with Crippen molar-refractivity contribution in [2.45, 2.75) is 44.1 Å². The number of nitrogens with one attached hydrogen (secondary N) is 1. The number of likely N-dealkylation sites (tertiary alicyclic amines) is 1. The molecule has 0 radical (unpaired) electrons. The Bertz CT molecular complexity index is 648. The van der Waals surface area contributed by atoms with Gasteiger partial charge in [0.2, 0.25) is 5.91 Å². The predicted molar refractivity (Wildman–Crippen MR) is 110 cm³/mol. The average Bonchev–Trinajstić information content (AvgIpc) is 3.19. The highest BCUT2D eigenvalue weighted by Gasteiger charge is 2.32. The van der Waals surface area contributed by atoms with Crippen molar-refractivity contribution in [1.82, 2.24) is 15.1 Å². The summed E-state index contributed by atoms with van der Waals surface area (Å²) < 4.78 is 5.36. The standard InChI is InChI=1S/C21H31N3O2.ClH/c1-26-19-5-6-20-16(13-19)3-2-4-17(20)14-21(25)24-10-7-18(15-24)23-11-8-22-9-12-23;/h5-6,13,17-18,22H,2-4,7-12,14-15H2,1H3;1H. The molecule has 4 rings (SSSR count). The second-order valence-corrected chi connectivity index (χ2v) is 7.93. The number of hydrogen-bond donors (Lipinski definition) is 1. The highest BCUT2D eigenvalue weighted by molar-refractivity contribution is 5.85. The fourth-order valence-electron chi connectivity index (χ4n) is 4.88. The smallest absolute Gasteiger partial charge is 0.223 e. The molecule has 2 aliphatic heterocycles. The van der Waals surface area contributed by atoms with Gasteiger partial charge >= 0.3 is 0 Å². The Kier molecular flexibility index (Phi) is 7.01. The summed E-state index contributed by atoms with van der Waals surface area (Å²) in [4.78, 5) is 17.6. The van der Waals surface area contributed by atoms with E-state index in [0.717, 1.165) is 64.3 Å². The van der Waals surface area contributed by atoms with Crippen LogP contribution in [0.4, 0.5) is 0 Å². The van der Waals surface area contributed by atoms with Gasteiger partial charge in [0.15, 0.2) is 0 Å². The number of benzene rings is 1. The molecule has 1 amide bonds. The highest BCUT2D eigenvalue weighted by atomic mass is 35.5. The molecule has 1 N–H and O–H groups in total. The molecular formula is C21H32ClN3O2. The first-order valence-electron chi connectivity index (χ1n) is 10.1. The number of rotatable bonds is 4. The first-order valence-corrected chi connectivity index (χ1v) is 10.1. The molecule has 0 saturated carbocycles. The van der Waals surface area contributed by atoms with Crippen LogP contribution in [-0.2, 0) is 11.2 Å². The van der Waals surface area contributed by atoms with Gasteiger partial charge in [0.25, 0.3) is 0 Å². The summed E-state index contributed by atoms with van der Waals surface area (Å²) in [5, 5.41) is 3.41. The number of piperazine rings is 1. The Labute approximate surface area is 168 Å². The zero-order chi connectivity index (χ0) is 17.9. The van der Waals surface area contributed by atoms with Gasteiger partial charge in [-0.25, -0.2) is 0 Å². The summed E-state index contributed by atoms with van der Waals surface area (Å²) in [5.74, 6) is 1.64. The summed E-state index contributed by atoms with van der Waals surface area (Å²) >= 11 is 0. The van der Waals surface area contributed by atoms with E-state index in [0.29, 0.717) is 24.3 Å². The van der Waals surface area contributed by atoms with Gasteiger partial charge in [0, 0.05) is 51.7 Å². The molecule has 0 aromatic heterocycles. The number of carbonyl (C=O) groups excluding carboxylic acids is 1. The van der Waals surface area contributed by atoms with Crippen molar-refractivity contribution in [1.29, 1.82) is 0 Å². The number of amides is 1. The van der Waals surface area contributed by atoms with E-state index in [2.05, 4.69) is 27.2 Å². The van der Waals surface area contributed by atoms with Crippen molar-refractivity contribution < 1.29 is 9.53 Å². The van der Waals surface area contributed by atoms with Gasteiger partial charge < -0.3 is 15.0 Å². The van der Waals surface area contributed by atoms with Crippen LogP contribution in [0.25, 0.3) is 0 Å². The van der Waals surface area contributed by atoms with Gasteiger partial charge in [-0.3, -0.25) is 9.69 Å². The molecule has 2 saturated heterocycles. The minimum atomic E-state index is 0. The van der Waals surface area contributed by atoms with Gasteiger partial charge in [-0.15, -0.1) is 12.4 Å². The van der Waals surface area contributed by atoms with E-state index in [9.17, 15) is 4.79 Å². The lowest BCUT2D eigenvalue weighted by Crippen LogP contribution is -2.49. The number of methoxy groups -OCH3 is 1. The average molecular weight is 394 g/mol. The molecule has 1 aromatic rings. The molecular weight excluding hydrogens is 362 g/mol. The topological polar surface area (TPSA) is 44.8 Å². The zero-order valence-corrected chi connectivity index (χ0v) is 17.1. The Balaban J connectivity index is 0.00000210. The predicted octanol–water partition coefficient (Wildman–Crippen LogP) is 2.43. The van der Waals surface area contributed by atoms with Crippen molar-refractivity contribution in [3.05, 3.63) is 29.3 Å². The largest absolute Gasteiger partial charge is 0.497 e. The Morgan fingerprint density at radius 1 is 1.22 bits per heavy atom. The molecule has 0 bridgehead atoms. The van der Waals surface area contributed by atoms with Crippen LogP contribution in [0.2, 0.25) is 0 Å². The molecule has 2 fully saturated rings. The molecule has 3 aliphatic rings. The maximum Gasteiger partial charge on any atom is 0.223 e. The second kappa shape index (κ2) is 9.26. The fraction of sp³-hybridized carbons (Fsp3) is 0.667. The van der Waals surface area contributed by atoms with E-state index in [4.69, 9.17) is 4.74 Å². The SMILES string of the molecule is COc1ccc2c(c1)CCCC2CC(=O)N1CCC(N2CCNCC2)C1.Cl. The second-order valence-electron chi connectivity index (χ2n) is 7.93. The van der Waals surface area contributed by atoms with Crippen LogP contribution >= 0.6 is 12.4 Å². The van der Waals surface area contributed by atoms with E-state index in [1.807, 2.05) is 6.07 Å². The molecule has 5 nitrogen and oxygen atoms in total. The van der Waals surface area contributed by atoms with Crippen molar-refractivity contribution in [3.8, 4) is 5.75 Å².